The molecule has 0 bridgehead atoms. The van der Waals surface area contributed by atoms with Gasteiger partial charge in [-0.2, -0.15) is 0 Å². The van der Waals surface area contributed by atoms with Crippen molar-refractivity contribution >= 4 is 33.4 Å². The molecule has 0 unspecified atom stereocenters. The first-order valence-electron chi connectivity index (χ1n) is 8.54. The van der Waals surface area contributed by atoms with E-state index in [1.807, 2.05) is 38.1 Å². The maximum absolute atomic E-state index is 12.0. The summed E-state index contributed by atoms with van der Waals surface area (Å²) >= 11 is 3.42. The number of hydrogen-bond donors (Lipinski definition) is 2. The van der Waals surface area contributed by atoms with Crippen LogP contribution in [0.3, 0.4) is 0 Å². The zero-order valence-corrected chi connectivity index (χ0v) is 16.5. The number of para-hydroxylation sites is 1. The second kappa shape index (κ2) is 9.97. The zero-order valence-electron chi connectivity index (χ0n) is 14.9. The number of rotatable bonds is 8. The lowest BCUT2D eigenvalue weighted by molar-refractivity contribution is -0.116. The number of anilines is 1. The normalized spacial score (nSPS) is 10.5. The van der Waals surface area contributed by atoms with Crippen LogP contribution in [0.1, 0.15) is 37.0 Å². The number of amides is 2. The summed E-state index contributed by atoms with van der Waals surface area (Å²) in [6, 6.07) is 14.5. The molecule has 0 aliphatic carbocycles. The number of ether oxygens (including phenoxy) is 1. The molecule has 26 heavy (non-hydrogen) atoms. The van der Waals surface area contributed by atoms with E-state index in [2.05, 4.69) is 26.6 Å². The van der Waals surface area contributed by atoms with Gasteiger partial charge in [-0.25, -0.2) is 0 Å². The van der Waals surface area contributed by atoms with Crippen molar-refractivity contribution in [2.24, 2.45) is 0 Å². The Morgan fingerprint density at radius 2 is 1.77 bits per heavy atom. The molecule has 0 saturated carbocycles. The molecular weight excluding hydrogens is 396 g/mol. The van der Waals surface area contributed by atoms with Gasteiger partial charge in [0, 0.05) is 23.7 Å². The average Bonchev–Trinajstić information content (AvgIpc) is 2.60. The van der Waals surface area contributed by atoms with Crippen molar-refractivity contribution in [2.45, 2.75) is 32.7 Å². The first-order chi connectivity index (χ1) is 12.5. The summed E-state index contributed by atoms with van der Waals surface area (Å²) in [5.74, 6) is 0.561. The van der Waals surface area contributed by atoms with Gasteiger partial charge in [-0.15, -0.1) is 0 Å². The highest BCUT2D eigenvalue weighted by Crippen LogP contribution is 2.23. The SMILES string of the molecule is CC(C)NC(=O)c1ccc(NC(=O)CCCOc2ccccc2Br)cc1. The highest BCUT2D eigenvalue weighted by molar-refractivity contribution is 9.10. The first kappa shape index (κ1) is 20.0. The van der Waals surface area contributed by atoms with Gasteiger partial charge in [-0.05, 0) is 72.6 Å². The molecule has 5 nitrogen and oxygen atoms in total. The van der Waals surface area contributed by atoms with Crippen LogP contribution in [0.15, 0.2) is 53.0 Å². The predicted octanol–water partition coefficient (Wildman–Crippen LogP) is 4.39. The quantitative estimate of drug-likeness (QED) is 0.624. The summed E-state index contributed by atoms with van der Waals surface area (Å²) in [6.45, 7) is 4.28. The minimum Gasteiger partial charge on any atom is -0.492 e. The Hall–Kier alpha value is -2.34. The Balaban J connectivity index is 1.74. The van der Waals surface area contributed by atoms with Crippen molar-refractivity contribution < 1.29 is 14.3 Å². The van der Waals surface area contributed by atoms with E-state index >= 15 is 0 Å². The molecule has 0 saturated heterocycles. The third kappa shape index (κ3) is 6.52. The third-order valence-corrected chi connectivity index (χ3v) is 4.15. The zero-order chi connectivity index (χ0) is 18.9. The average molecular weight is 419 g/mol. The van der Waals surface area contributed by atoms with Crippen molar-refractivity contribution in [3.63, 3.8) is 0 Å². The molecular formula is C20H23BrN2O3. The standard InChI is InChI=1S/C20H23BrN2O3/c1-14(2)22-20(25)15-9-11-16(12-10-15)23-19(24)8-5-13-26-18-7-4-3-6-17(18)21/h3-4,6-7,9-12,14H,5,8,13H2,1-2H3,(H,22,25)(H,23,24). The molecule has 6 heteroatoms. The predicted molar refractivity (Wildman–Crippen MR) is 107 cm³/mol. The van der Waals surface area contributed by atoms with E-state index in [1.54, 1.807) is 24.3 Å². The summed E-state index contributed by atoms with van der Waals surface area (Å²) < 4.78 is 6.53. The van der Waals surface area contributed by atoms with Crippen LogP contribution in [0, 0.1) is 0 Å². The molecule has 2 aromatic rings. The Morgan fingerprint density at radius 1 is 1.08 bits per heavy atom. The van der Waals surface area contributed by atoms with Gasteiger partial charge in [0.2, 0.25) is 5.91 Å². The van der Waals surface area contributed by atoms with Crippen molar-refractivity contribution in [2.75, 3.05) is 11.9 Å². The molecule has 2 rings (SSSR count). The molecule has 2 N–H and O–H groups in total. The second-order valence-corrected chi connectivity index (χ2v) is 6.99. The minimum absolute atomic E-state index is 0.0832. The fourth-order valence-electron chi connectivity index (χ4n) is 2.25. The summed E-state index contributed by atoms with van der Waals surface area (Å²) in [6.07, 6.45) is 0.974. The van der Waals surface area contributed by atoms with E-state index in [1.165, 1.54) is 0 Å². The van der Waals surface area contributed by atoms with Gasteiger partial charge in [0.05, 0.1) is 11.1 Å². The Kier molecular flexibility index (Phi) is 7.66. The van der Waals surface area contributed by atoms with Crippen LogP contribution in [-0.2, 0) is 4.79 Å². The van der Waals surface area contributed by atoms with Crippen LogP contribution in [0.2, 0.25) is 0 Å². The maximum Gasteiger partial charge on any atom is 0.251 e. The molecule has 0 spiro atoms. The van der Waals surface area contributed by atoms with Crippen molar-refractivity contribution in [1.82, 2.24) is 5.32 Å². The van der Waals surface area contributed by atoms with Crippen LogP contribution in [0.4, 0.5) is 5.69 Å². The maximum atomic E-state index is 12.0. The molecule has 0 atom stereocenters. The lowest BCUT2D eigenvalue weighted by Gasteiger charge is -2.10. The molecule has 0 fully saturated rings. The monoisotopic (exact) mass is 418 g/mol. The van der Waals surface area contributed by atoms with Crippen molar-refractivity contribution in [3.8, 4) is 5.75 Å². The lowest BCUT2D eigenvalue weighted by Crippen LogP contribution is -2.30. The van der Waals surface area contributed by atoms with E-state index in [-0.39, 0.29) is 17.9 Å². The number of hydrogen-bond acceptors (Lipinski definition) is 3. The smallest absolute Gasteiger partial charge is 0.251 e. The summed E-state index contributed by atoms with van der Waals surface area (Å²) in [5, 5.41) is 5.65. The minimum atomic E-state index is -0.123. The first-order valence-corrected chi connectivity index (χ1v) is 9.33. The van der Waals surface area contributed by atoms with Crippen molar-refractivity contribution in [1.29, 1.82) is 0 Å². The third-order valence-electron chi connectivity index (χ3n) is 3.49. The molecule has 0 heterocycles. The molecule has 2 aromatic carbocycles. The number of carbonyl (C=O) groups excluding carboxylic acids is 2. The fraction of sp³-hybridized carbons (Fsp3) is 0.300. The van der Waals surface area contributed by atoms with E-state index < -0.39 is 0 Å². The molecule has 0 aliphatic rings. The fourth-order valence-corrected chi connectivity index (χ4v) is 2.65. The van der Waals surface area contributed by atoms with E-state index in [0.29, 0.717) is 30.7 Å². The highest BCUT2D eigenvalue weighted by Gasteiger charge is 2.08. The van der Waals surface area contributed by atoms with E-state index in [9.17, 15) is 9.59 Å². The van der Waals surface area contributed by atoms with Crippen LogP contribution >= 0.6 is 15.9 Å². The van der Waals surface area contributed by atoms with Crippen molar-refractivity contribution in [3.05, 3.63) is 58.6 Å². The van der Waals surface area contributed by atoms with Crippen LogP contribution in [-0.4, -0.2) is 24.5 Å². The number of benzene rings is 2. The van der Waals surface area contributed by atoms with Gasteiger partial charge < -0.3 is 15.4 Å². The number of nitrogens with one attached hydrogen (secondary N) is 2. The van der Waals surface area contributed by atoms with Gasteiger partial charge in [0.1, 0.15) is 5.75 Å². The van der Waals surface area contributed by atoms with Gasteiger partial charge in [0.15, 0.2) is 0 Å². The summed E-state index contributed by atoms with van der Waals surface area (Å²) in [4.78, 5) is 23.9. The second-order valence-electron chi connectivity index (χ2n) is 6.14. The Labute approximate surface area is 162 Å². The Bertz CT molecular complexity index is 745. The Morgan fingerprint density at radius 3 is 2.42 bits per heavy atom. The molecule has 138 valence electrons. The summed E-state index contributed by atoms with van der Waals surface area (Å²) in [5.41, 5.74) is 1.24. The van der Waals surface area contributed by atoms with Gasteiger partial charge in [-0.3, -0.25) is 9.59 Å². The van der Waals surface area contributed by atoms with Gasteiger partial charge in [0.25, 0.3) is 5.91 Å². The van der Waals surface area contributed by atoms with E-state index in [4.69, 9.17) is 4.74 Å². The molecule has 0 aromatic heterocycles. The lowest BCUT2D eigenvalue weighted by atomic mass is 10.2. The number of carbonyl (C=O) groups is 2. The van der Waals surface area contributed by atoms with Gasteiger partial charge in [-0.1, -0.05) is 12.1 Å². The largest absolute Gasteiger partial charge is 0.492 e. The molecule has 0 aliphatic heterocycles. The molecule has 0 radical (unpaired) electrons. The molecule has 2 amide bonds. The van der Waals surface area contributed by atoms with E-state index in [0.717, 1.165) is 10.2 Å². The van der Waals surface area contributed by atoms with Gasteiger partial charge >= 0.3 is 0 Å². The topological polar surface area (TPSA) is 67.4 Å². The van der Waals surface area contributed by atoms with Crippen LogP contribution in [0.25, 0.3) is 0 Å². The summed E-state index contributed by atoms with van der Waals surface area (Å²) in [7, 11) is 0. The van der Waals surface area contributed by atoms with Crippen LogP contribution in [0.5, 0.6) is 5.75 Å². The highest BCUT2D eigenvalue weighted by atomic mass is 79.9. The number of halogens is 1. The van der Waals surface area contributed by atoms with Crippen LogP contribution < -0.4 is 15.4 Å².